The van der Waals surface area contributed by atoms with Crippen LogP contribution in [0.4, 0.5) is 5.69 Å². The fraction of sp³-hybridized carbons (Fsp3) is 0.125. The molecule has 3 rings (SSSR count). The number of carbonyl (C=O) groups is 1. The summed E-state index contributed by atoms with van der Waals surface area (Å²) in [4.78, 5) is 12.3. The van der Waals surface area contributed by atoms with E-state index in [0.29, 0.717) is 34.6 Å². The lowest BCUT2D eigenvalue weighted by atomic mass is 10.2. The second-order valence-corrected chi connectivity index (χ2v) is 6.79. The molecular formula is C24H22ClNO4. The van der Waals surface area contributed by atoms with Gasteiger partial charge in [-0.15, -0.1) is 0 Å². The molecule has 0 aliphatic rings. The second-order valence-electron chi connectivity index (χ2n) is 6.35. The highest BCUT2D eigenvalue weighted by Crippen LogP contribution is 2.30. The first-order valence-corrected chi connectivity index (χ1v) is 9.64. The lowest BCUT2D eigenvalue weighted by Gasteiger charge is -2.11. The maximum Gasteiger partial charge on any atom is 0.248 e. The number of rotatable bonds is 8. The summed E-state index contributed by atoms with van der Waals surface area (Å²) in [7, 11) is 3.11. The van der Waals surface area contributed by atoms with Crippen LogP contribution in [-0.2, 0) is 11.4 Å². The van der Waals surface area contributed by atoms with Crippen molar-refractivity contribution in [2.24, 2.45) is 0 Å². The molecule has 5 nitrogen and oxygen atoms in total. The van der Waals surface area contributed by atoms with E-state index in [0.717, 1.165) is 11.1 Å². The van der Waals surface area contributed by atoms with Crippen LogP contribution < -0.4 is 19.5 Å². The molecule has 6 heteroatoms. The van der Waals surface area contributed by atoms with E-state index in [2.05, 4.69) is 5.32 Å². The maximum atomic E-state index is 12.3. The van der Waals surface area contributed by atoms with E-state index in [1.807, 2.05) is 48.5 Å². The summed E-state index contributed by atoms with van der Waals surface area (Å²) < 4.78 is 16.5. The number of carbonyl (C=O) groups excluding carboxylic acids is 1. The topological polar surface area (TPSA) is 56.8 Å². The van der Waals surface area contributed by atoms with Crippen LogP contribution in [0, 0.1) is 0 Å². The van der Waals surface area contributed by atoms with Crippen molar-refractivity contribution in [3.8, 4) is 17.2 Å². The highest BCUT2D eigenvalue weighted by Gasteiger charge is 2.08. The molecule has 0 aliphatic heterocycles. The molecule has 154 valence electrons. The summed E-state index contributed by atoms with van der Waals surface area (Å²) in [5.74, 6) is 1.44. The van der Waals surface area contributed by atoms with Gasteiger partial charge in [-0.05, 0) is 47.5 Å². The minimum absolute atomic E-state index is 0.307. The number of halogens is 1. The molecule has 0 bridgehead atoms. The number of hydrogen-bond acceptors (Lipinski definition) is 4. The third-order valence-electron chi connectivity index (χ3n) is 4.27. The molecule has 0 saturated heterocycles. The number of nitrogens with one attached hydrogen (secondary N) is 1. The summed E-state index contributed by atoms with van der Waals surface area (Å²) in [6, 6.07) is 20.4. The van der Waals surface area contributed by atoms with E-state index in [1.165, 1.54) is 13.2 Å². The standard InChI is InChI=1S/C24H22ClNO4/c1-28-21-12-10-19(25)15-20(21)26-24(27)13-9-17-8-11-22(23(14-17)29-2)30-16-18-6-4-3-5-7-18/h3-15H,16H2,1-2H3,(H,26,27). The predicted molar refractivity (Wildman–Crippen MR) is 119 cm³/mol. The zero-order chi connectivity index (χ0) is 21.3. The van der Waals surface area contributed by atoms with E-state index < -0.39 is 0 Å². The molecule has 0 aromatic heterocycles. The van der Waals surface area contributed by atoms with E-state index in [1.54, 1.807) is 31.4 Å². The molecule has 0 spiro atoms. The molecule has 3 aromatic carbocycles. The Balaban J connectivity index is 1.66. The zero-order valence-electron chi connectivity index (χ0n) is 16.7. The number of methoxy groups -OCH3 is 2. The number of benzene rings is 3. The van der Waals surface area contributed by atoms with Crippen molar-refractivity contribution < 1.29 is 19.0 Å². The quantitative estimate of drug-likeness (QED) is 0.480. The van der Waals surface area contributed by atoms with Gasteiger partial charge in [0, 0.05) is 11.1 Å². The van der Waals surface area contributed by atoms with Crippen LogP contribution in [0.25, 0.3) is 6.08 Å². The molecule has 0 fully saturated rings. The lowest BCUT2D eigenvalue weighted by molar-refractivity contribution is -0.111. The fourth-order valence-corrected chi connectivity index (χ4v) is 2.94. The van der Waals surface area contributed by atoms with Crippen molar-refractivity contribution in [3.63, 3.8) is 0 Å². The average molecular weight is 424 g/mol. The number of amides is 1. The van der Waals surface area contributed by atoms with Crippen LogP contribution >= 0.6 is 11.6 Å². The van der Waals surface area contributed by atoms with Gasteiger partial charge in [0.15, 0.2) is 11.5 Å². The van der Waals surface area contributed by atoms with Crippen LogP contribution in [0.5, 0.6) is 17.2 Å². The van der Waals surface area contributed by atoms with Crippen molar-refractivity contribution in [2.75, 3.05) is 19.5 Å². The highest BCUT2D eigenvalue weighted by molar-refractivity contribution is 6.31. The van der Waals surface area contributed by atoms with E-state index in [-0.39, 0.29) is 5.91 Å². The number of anilines is 1. The van der Waals surface area contributed by atoms with E-state index in [4.69, 9.17) is 25.8 Å². The van der Waals surface area contributed by atoms with Gasteiger partial charge in [0.05, 0.1) is 19.9 Å². The molecule has 1 amide bonds. The van der Waals surface area contributed by atoms with Crippen LogP contribution in [0.2, 0.25) is 5.02 Å². The van der Waals surface area contributed by atoms with Crippen LogP contribution in [0.3, 0.4) is 0 Å². The summed E-state index contributed by atoms with van der Waals surface area (Å²) in [6.07, 6.45) is 3.12. The summed E-state index contributed by atoms with van der Waals surface area (Å²) >= 11 is 5.99. The Morgan fingerprint density at radius 3 is 2.40 bits per heavy atom. The Morgan fingerprint density at radius 1 is 0.933 bits per heavy atom. The Kier molecular flexibility index (Phi) is 7.35. The van der Waals surface area contributed by atoms with Crippen molar-refractivity contribution in [1.82, 2.24) is 0 Å². The first-order chi connectivity index (χ1) is 14.6. The predicted octanol–water partition coefficient (Wildman–Crippen LogP) is 5.59. The molecule has 0 heterocycles. The van der Waals surface area contributed by atoms with Gasteiger partial charge in [0.2, 0.25) is 5.91 Å². The summed E-state index contributed by atoms with van der Waals surface area (Å²) in [6.45, 7) is 0.441. The van der Waals surface area contributed by atoms with E-state index >= 15 is 0 Å². The molecular weight excluding hydrogens is 402 g/mol. The second kappa shape index (κ2) is 10.4. The molecule has 0 aliphatic carbocycles. The van der Waals surface area contributed by atoms with Crippen molar-refractivity contribution >= 4 is 29.3 Å². The minimum atomic E-state index is -0.307. The van der Waals surface area contributed by atoms with Crippen LogP contribution in [0.15, 0.2) is 72.8 Å². The zero-order valence-corrected chi connectivity index (χ0v) is 17.5. The van der Waals surface area contributed by atoms with Gasteiger partial charge in [0.1, 0.15) is 12.4 Å². The monoisotopic (exact) mass is 423 g/mol. The molecule has 30 heavy (non-hydrogen) atoms. The van der Waals surface area contributed by atoms with Crippen molar-refractivity contribution in [1.29, 1.82) is 0 Å². The molecule has 0 radical (unpaired) electrons. The van der Waals surface area contributed by atoms with Gasteiger partial charge in [-0.25, -0.2) is 0 Å². The van der Waals surface area contributed by atoms with Crippen molar-refractivity contribution in [3.05, 3.63) is 89.0 Å². The van der Waals surface area contributed by atoms with Gasteiger partial charge in [-0.2, -0.15) is 0 Å². The Bertz CT molecular complexity index is 1030. The summed E-state index contributed by atoms with van der Waals surface area (Å²) in [5, 5.41) is 3.27. The van der Waals surface area contributed by atoms with Crippen LogP contribution in [-0.4, -0.2) is 20.1 Å². The highest BCUT2D eigenvalue weighted by atomic mass is 35.5. The van der Waals surface area contributed by atoms with Crippen LogP contribution in [0.1, 0.15) is 11.1 Å². The first kappa shape index (κ1) is 21.3. The van der Waals surface area contributed by atoms with Gasteiger partial charge >= 0.3 is 0 Å². The third kappa shape index (κ3) is 5.78. The van der Waals surface area contributed by atoms with Gasteiger partial charge in [-0.3, -0.25) is 4.79 Å². The normalized spacial score (nSPS) is 10.6. The summed E-state index contributed by atoms with van der Waals surface area (Å²) in [5.41, 5.74) is 2.37. The van der Waals surface area contributed by atoms with Gasteiger partial charge in [-0.1, -0.05) is 48.0 Å². The minimum Gasteiger partial charge on any atom is -0.495 e. The fourth-order valence-electron chi connectivity index (χ4n) is 2.77. The SMILES string of the molecule is COc1ccc(Cl)cc1NC(=O)C=Cc1ccc(OCc2ccccc2)c(OC)c1. The number of ether oxygens (including phenoxy) is 3. The third-order valence-corrected chi connectivity index (χ3v) is 4.51. The first-order valence-electron chi connectivity index (χ1n) is 9.26. The Labute approximate surface area is 180 Å². The molecule has 1 N–H and O–H groups in total. The molecule has 3 aromatic rings. The Morgan fingerprint density at radius 2 is 1.67 bits per heavy atom. The maximum absolute atomic E-state index is 12.3. The molecule has 0 saturated carbocycles. The van der Waals surface area contributed by atoms with Gasteiger partial charge < -0.3 is 19.5 Å². The lowest BCUT2D eigenvalue weighted by Crippen LogP contribution is -2.08. The smallest absolute Gasteiger partial charge is 0.248 e. The molecule has 0 atom stereocenters. The largest absolute Gasteiger partial charge is 0.495 e. The van der Waals surface area contributed by atoms with Gasteiger partial charge in [0.25, 0.3) is 0 Å². The molecule has 0 unspecified atom stereocenters. The Hall–Kier alpha value is -3.44. The van der Waals surface area contributed by atoms with E-state index in [9.17, 15) is 4.79 Å². The average Bonchev–Trinajstić information content (AvgIpc) is 2.77. The number of hydrogen-bond donors (Lipinski definition) is 1. The van der Waals surface area contributed by atoms with Crippen molar-refractivity contribution in [2.45, 2.75) is 6.61 Å².